The van der Waals surface area contributed by atoms with Crippen LogP contribution in [-0.2, 0) is 13.0 Å². The molecule has 0 aliphatic carbocycles. The maximum Gasteiger partial charge on any atom is 0.255 e. The minimum absolute atomic E-state index is 0.271. The van der Waals surface area contributed by atoms with Crippen LogP contribution in [0.4, 0.5) is 10.2 Å². The molecule has 2 heterocycles. The number of nitriles is 1. The second-order valence-electron chi connectivity index (χ2n) is 6.78. The lowest BCUT2D eigenvalue weighted by Gasteiger charge is -2.13. The standard InChI is InChI=1S/C24H22FN5O/c1-2-5-22-19(14-26)13-21(24(31)29-16-18-7-4-10-27-15-18)23(30-22)28-11-9-17-6-3-8-20(25)12-17/h2-8,10,12-13,15H,9,11,16H2,1H3,(H,28,30)(H,29,31). The fraction of sp³-hybridized carbons (Fsp3) is 0.167. The molecule has 3 rings (SSSR count). The number of amides is 1. The Morgan fingerprint density at radius 2 is 2.06 bits per heavy atom. The van der Waals surface area contributed by atoms with E-state index in [4.69, 9.17) is 0 Å². The molecule has 0 unspecified atom stereocenters. The third-order valence-electron chi connectivity index (χ3n) is 4.51. The third-order valence-corrected chi connectivity index (χ3v) is 4.51. The first-order valence-electron chi connectivity index (χ1n) is 9.84. The fourth-order valence-electron chi connectivity index (χ4n) is 3.01. The van der Waals surface area contributed by atoms with E-state index in [2.05, 4.69) is 26.7 Å². The minimum atomic E-state index is -0.354. The van der Waals surface area contributed by atoms with Crippen LogP contribution in [0.15, 0.2) is 60.9 Å². The maximum atomic E-state index is 13.4. The van der Waals surface area contributed by atoms with Gasteiger partial charge in [-0.05, 0) is 54.8 Å². The fourth-order valence-corrected chi connectivity index (χ4v) is 3.01. The lowest BCUT2D eigenvalue weighted by Crippen LogP contribution is -2.25. The molecule has 6 nitrogen and oxygen atoms in total. The number of benzene rings is 1. The highest BCUT2D eigenvalue weighted by molar-refractivity contribution is 5.99. The van der Waals surface area contributed by atoms with E-state index in [1.807, 2.05) is 19.1 Å². The van der Waals surface area contributed by atoms with E-state index < -0.39 is 0 Å². The first-order valence-corrected chi connectivity index (χ1v) is 9.84. The highest BCUT2D eigenvalue weighted by atomic mass is 19.1. The Bertz CT molecular complexity index is 1120. The van der Waals surface area contributed by atoms with Gasteiger partial charge in [0.2, 0.25) is 0 Å². The Kier molecular flexibility index (Phi) is 7.44. The van der Waals surface area contributed by atoms with Gasteiger partial charge in [-0.3, -0.25) is 9.78 Å². The minimum Gasteiger partial charge on any atom is -0.369 e. The van der Waals surface area contributed by atoms with Gasteiger partial charge >= 0.3 is 0 Å². The highest BCUT2D eigenvalue weighted by Crippen LogP contribution is 2.19. The number of nitrogens with one attached hydrogen (secondary N) is 2. The van der Waals surface area contributed by atoms with Crippen molar-refractivity contribution >= 4 is 17.8 Å². The summed E-state index contributed by atoms with van der Waals surface area (Å²) in [4.78, 5) is 21.4. The van der Waals surface area contributed by atoms with Crippen LogP contribution in [-0.4, -0.2) is 22.4 Å². The summed E-state index contributed by atoms with van der Waals surface area (Å²) in [7, 11) is 0. The van der Waals surface area contributed by atoms with Gasteiger partial charge < -0.3 is 10.6 Å². The number of carbonyl (C=O) groups is 1. The van der Waals surface area contributed by atoms with Crippen molar-refractivity contribution in [1.29, 1.82) is 5.26 Å². The summed E-state index contributed by atoms with van der Waals surface area (Å²) in [6.07, 6.45) is 7.38. The summed E-state index contributed by atoms with van der Waals surface area (Å²) in [5, 5.41) is 15.5. The molecule has 0 saturated carbocycles. The number of nitrogens with zero attached hydrogens (tertiary/aromatic N) is 3. The van der Waals surface area contributed by atoms with E-state index in [1.54, 1.807) is 36.7 Å². The lowest BCUT2D eigenvalue weighted by molar-refractivity contribution is 0.0951. The van der Waals surface area contributed by atoms with Crippen LogP contribution >= 0.6 is 0 Å². The van der Waals surface area contributed by atoms with Gasteiger partial charge in [-0.15, -0.1) is 0 Å². The molecule has 0 spiro atoms. The van der Waals surface area contributed by atoms with Crippen LogP contribution in [0.3, 0.4) is 0 Å². The van der Waals surface area contributed by atoms with Crippen molar-refractivity contribution in [2.75, 3.05) is 11.9 Å². The Hall–Kier alpha value is -4.05. The first-order chi connectivity index (χ1) is 15.1. The van der Waals surface area contributed by atoms with Gasteiger partial charge in [0.1, 0.15) is 17.7 Å². The van der Waals surface area contributed by atoms with Crippen LogP contribution in [0.5, 0.6) is 0 Å². The summed E-state index contributed by atoms with van der Waals surface area (Å²) >= 11 is 0. The zero-order chi connectivity index (χ0) is 22.1. The van der Waals surface area contributed by atoms with Gasteiger partial charge in [0.15, 0.2) is 0 Å². The van der Waals surface area contributed by atoms with Crippen molar-refractivity contribution < 1.29 is 9.18 Å². The van der Waals surface area contributed by atoms with Crippen LogP contribution in [0.2, 0.25) is 0 Å². The number of pyridine rings is 2. The monoisotopic (exact) mass is 415 g/mol. The molecule has 3 aromatic rings. The number of hydrogen-bond acceptors (Lipinski definition) is 5. The van der Waals surface area contributed by atoms with Gasteiger partial charge in [0.05, 0.1) is 16.8 Å². The smallest absolute Gasteiger partial charge is 0.255 e. The summed E-state index contributed by atoms with van der Waals surface area (Å²) < 4.78 is 13.4. The molecule has 1 aromatic carbocycles. The topological polar surface area (TPSA) is 90.7 Å². The van der Waals surface area contributed by atoms with E-state index >= 15 is 0 Å². The van der Waals surface area contributed by atoms with Crippen molar-refractivity contribution in [3.8, 4) is 6.07 Å². The number of carbonyl (C=O) groups excluding carboxylic acids is 1. The van der Waals surface area contributed by atoms with Crippen LogP contribution < -0.4 is 10.6 Å². The Morgan fingerprint density at radius 3 is 2.77 bits per heavy atom. The molecule has 0 radical (unpaired) electrons. The van der Waals surface area contributed by atoms with Crippen molar-refractivity contribution in [2.45, 2.75) is 19.9 Å². The average molecular weight is 415 g/mol. The Balaban J connectivity index is 1.81. The predicted molar refractivity (Wildman–Crippen MR) is 118 cm³/mol. The number of rotatable bonds is 8. The Labute approximate surface area is 180 Å². The Morgan fingerprint density at radius 1 is 1.23 bits per heavy atom. The molecule has 0 bridgehead atoms. The van der Waals surface area contributed by atoms with Gasteiger partial charge in [-0.1, -0.05) is 24.3 Å². The average Bonchev–Trinajstić information content (AvgIpc) is 2.78. The number of allylic oxidation sites excluding steroid dienone is 1. The molecular weight excluding hydrogens is 393 g/mol. The van der Waals surface area contributed by atoms with Crippen molar-refractivity contribution in [3.05, 3.63) is 94.7 Å². The van der Waals surface area contributed by atoms with Crippen LogP contribution in [0.1, 0.15) is 39.7 Å². The molecule has 0 aliphatic rings. The quantitative estimate of drug-likeness (QED) is 0.578. The van der Waals surface area contributed by atoms with Crippen molar-refractivity contribution in [1.82, 2.24) is 15.3 Å². The molecule has 0 fully saturated rings. The van der Waals surface area contributed by atoms with E-state index in [0.29, 0.717) is 36.6 Å². The molecule has 7 heteroatoms. The molecule has 31 heavy (non-hydrogen) atoms. The molecule has 2 aromatic heterocycles. The molecular formula is C24H22FN5O. The van der Waals surface area contributed by atoms with Crippen molar-refractivity contribution in [2.24, 2.45) is 0 Å². The van der Waals surface area contributed by atoms with E-state index in [1.165, 1.54) is 18.2 Å². The molecule has 156 valence electrons. The molecule has 0 saturated heterocycles. The maximum absolute atomic E-state index is 13.4. The number of hydrogen-bond donors (Lipinski definition) is 2. The van der Waals surface area contributed by atoms with Gasteiger partial charge in [0.25, 0.3) is 5.91 Å². The number of halogens is 1. The molecule has 0 aliphatic heterocycles. The summed E-state index contributed by atoms with van der Waals surface area (Å²) in [6.45, 7) is 2.57. The SMILES string of the molecule is CC=Cc1nc(NCCc2cccc(F)c2)c(C(=O)NCc2cccnc2)cc1C#N. The highest BCUT2D eigenvalue weighted by Gasteiger charge is 2.16. The van der Waals surface area contributed by atoms with E-state index in [9.17, 15) is 14.4 Å². The van der Waals surface area contributed by atoms with Crippen LogP contribution in [0, 0.1) is 17.1 Å². The van der Waals surface area contributed by atoms with E-state index in [0.717, 1.165) is 11.1 Å². The molecule has 0 atom stereocenters. The lowest BCUT2D eigenvalue weighted by atomic mass is 10.1. The first kappa shape index (κ1) is 21.7. The zero-order valence-corrected chi connectivity index (χ0v) is 17.1. The summed E-state index contributed by atoms with van der Waals surface area (Å²) in [5.74, 6) is -0.278. The second-order valence-corrected chi connectivity index (χ2v) is 6.78. The van der Waals surface area contributed by atoms with E-state index in [-0.39, 0.29) is 17.3 Å². The van der Waals surface area contributed by atoms with Gasteiger partial charge in [-0.2, -0.15) is 5.26 Å². The zero-order valence-electron chi connectivity index (χ0n) is 17.1. The van der Waals surface area contributed by atoms with Crippen molar-refractivity contribution in [3.63, 3.8) is 0 Å². The number of aromatic nitrogens is 2. The summed E-state index contributed by atoms with van der Waals surface area (Å²) in [6, 6.07) is 13.6. The van der Waals surface area contributed by atoms with Crippen LogP contribution in [0.25, 0.3) is 6.08 Å². The largest absolute Gasteiger partial charge is 0.369 e. The molecule has 2 N–H and O–H groups in total. The number of anilines is 1. The van der Waals surface area contributed by atoms with Gasteiger partial charge in [0, 0.05) is 25.5 Å². The molecule has 1 amide bonds. The normalized spacial score (nSPS) is 10.6. The summed E-state index contributed by atoms with van der Waals surface area (Å²) in [5.41, 5.74) is 2.74. The third kappa shape index (κ3) is 5.97. The second kappa shape index (κ2) is 10.6. The predicted octanol–water partition coefficient (Wildman–Crippen LogP) is 4.11. The van der Waals surface area contributed by atoms with Gasteiger partial charge in [-0.25, -0.2) is 9.37 Å².